The van der Waals surface area contributed by atoms with E-state index in [0.717, 1.165) is 32.2 Å². The maximum absolute atomic E-state index is 13.0. The summed E-state index contributed by atoms with van der Waals surface area (Å²) in [5, 5.41) is 4.35. The number of ether oxygens (including phenoxy) is 1. The molecule has 2 aromatic rings. The Labute approximate surface area is 178 Å². The third-order valence-electron chi connectivity index (χ3n) is 5.14. The van der Waals surface area contributed by atoms with Gasteiger partial charge in [-0.25, -0.2) is 8.42 Å². The average Bonchev–Trinajstić information content (AvgIpc) is 3.12. The standard InChI is InChI=1S/C20H27N3O4S.ClH/c1-4-23-11-7-8-14(23)13-21-20(24)17-12-18(22-28(3,25)26)15-9-5-6-10-16(15)19(17)27-2;/h5-6,9-10,12,14,22H,4,7-8,11,13H2,1-3H3,(H,21,24);1H. The minimum Gasteiger partial charge on any atom is -0.495 e. The van der Waals surface area contributed by atoms with Crippen LogP contribution in [0.15, 0.2) is 30.3 Å². The van der Waals surface area contributed by atoms with E-state index in [0.29, 0.717) is 40.4 Å². The van der Waals surface area contributed by atoms with Crippen LogP contribution in [0, 0.1) is 0 Å². The number of rotatable bonds is 7. The molecule has 0 radical (unpaired) electrons. The van der Waals surface area contributed by atoms with Crippen LogP contribution in [-0.2, 0) is 10.0 Å². The van der Waals surface area contributed by atoms with E-state index in [4.69, 9.17) is 4.74 Å². The van der Waals surface area contributed by atoms with Crippen LogP contribution in [0.5, 0.6) is 5.75 Å². The van der Waals surface area contributed by atoms with Gasteiger partial charge in [-0.1, -0.05) is 31.2 Å². The molecule has 1 amide bonds. The van der Waals surface area contributed by atoms with Gasteiger partial charge in [0.25, 0.3) is 5.91 Å². The van der Waals surface area contributed by atoms with Gasteiger partial charge in [-0.05, 0) is 32.0 Å². The SMILES string of the molecule is CCN1CCCC1CNC(=O)c1cc(NS(C)(=O)=O)c2ccccc2c1OC.Cl. The van der Waals surface area contributed by atoms with E-state index in [2.05, 4.69) is 21.9 Å². The molecule has 1 heterocycles. The van der Waals surface area contributed by atoms with Crippen LogP contribution in [0.3, 0.4) is 0 Å². The first kappa shape index (κ1) is 23.3. The van der Waals surface area contributed by atoms with Crippen LogP contribution in [0.25, 0.3) is 10.8 Å². The lowest BCUT2D eigenvalue weighted by Crippen LogP contribution is -2.40. The van der Waals surface area contributed by atoms with Crippen molar-refractivity contribution in [3.05, 3.63) is 35.9 Å². The summed E-state index contributed by atoms with van der Waals surface area (Å²) in [5.41, 5.74) is 0.675. The second kappa shape index (κ2) is 9.65. The molecule has 1 atom stereocenters. The van der Waals surface area contributed by atoms with Crippen LogP contribution in [0.2, 0.25) is 0 Å². The highest BCUT2D eigenvalue weighted by Gasteiger charge is 2.25. The minimum absolute atomic E-state index is 0. The first-order valence-electron chi connectivity index (χ1n) is 9.43. The molecule has 1 saturated heterocycles. The van der Waals surface area contributed by atoms with Gasteiger partial charge in [0.1, 0.15) is 5.75 Å². The molecule has 29 heavy (non-hydrogen) atoms. The van der Waals surface area contributed by atoms with Crippen molar-refractivity contribution in [1.82, 2.24) is 10.2 Å². The number of methoxy groups -OCH3 is 1. The van der Waals surface area contributed by atoms with Gasteiger partial charge in [0.05, 0.1) is 24.6 Å². The largest absolute Gasteiger partial charge is 0.495 e. The molecular weight excluding hydrogens is 414 g/mol. The maximum atomic E-state index is 13.0. The molecule has 0 saturated carbocycles. The second-order valence-corrected chi connectivity index (χ2v) is 8.81. The molecule has 1 fully saturated rings. The highest BCUT2D eigenvalue weighted by Crippen LogP contribution is 2.35. The number of anilines is 1. The number of carbonyl (C=O) groups is 1. The number of halogens is 1. The molecule has 1 unspecified atom stereocenters. The van der Waals surface area contributed by atoms with Gasteiger partial charge >= 0.3 is 0 Å². The lowest BCUT2D eigenvalue weighted by molar-refractivity contribution is 0.0938. The molecule has 0 aliphatic carbocycles. The fourth-order valence-corrected chi connectivity index (χ4v) is 4.44. The monoisotopic (exact) mass is 441 g/mol. The summed E-state index contributed by atoms with van der Waals surface area (Å²) in [6.45, 7) is 4.69. The summed E-state index contributed by atoms with van der Waals surface area (Å²) in [5.74, 6) is 0.160. The number of fused-ring (bicyclic) bond motifs is 1. The van der Waals surface area contributed by atoms with E-state index in [-0.39, 0.29) is 18.3 Å². The first-order valence-corrected chi connectivity index (χ1v) is 11.3. The Kier molecular flexibility index (Phi) is 7.73. The molecular formula is C20H28ClN3O4S. The van der Waals surface area contributed by atoms with Gasteiger partial charge in [-0.3, -0.25) is 14.4 Å². The summed E-state index contributed by atoms with van der Waals surface area (Å²) in [4.78, 5) is 15.3. The van der Waals surface area contributed by atoms with Gasteiger partial charge in [0.15, 0.2) is 0 Å². The number of hydrogen-bond donors (Lipinski definition) is 2. The van der Waals surface area contributed by atoms with Crippen molar-refractivity contribution in [2.24, 2.45) is 0 Å². The van der Waals surface area contributed by atoms with E-state index in [1.807, 2.05) is 18.2 Å². The molecule has 3 rings (SSSR count). The number of nitrogens with one attached hydrogen (secondary N) is 2. The molecule has 0 aromatic heterocycles. The van der Waals surface area contributed by atoms with E-state index in [9.17, 15) is 13.2 Å². The predicted octanol–water partition coefficient (Wildman–Crippen LogP) is 2.86. The van der Waals surface area contributed by atoms with Crippen molar-refractivity contribution < 1.29 is 17.9 Å². The third kappa shape index (κ3) is 5.32. The number of hydrogen-bond acceptors (Lipinski definition) is 5. The van der Waals surface area contributed by atoms with Crippen LogP contribution in [0.4, 0.5) is 5.69 Å². The van der Waals surface area contributed by atoms with E-state index < -0.39 is 10.0 Å². The van der Waals surface area contributed by atoms with Gasteiger partial charge in [0.2, 0.25) is 10.0 Å². The molecule has 1 aliphatic rings. The molecule has 9 heteroatoms. The quantitative estimate of drug-likeness (QED) is 0.689. The summed E-state index contributed by atoms with van der Waals surface area (Å²) in [6, 6.07) is 9.12. The minimum atomic E-state index is -3.50. The number of carbonyl (C=O) groups excluding carboxylic acids is 1. The third-order valence-corrected chi connectivity index (χ3v) is 5.73. The van der Waals surface area contributed by atoms with Crippen molar-refractivity contribution >= 4 is 44.8 Å². The summed E-state index contributed by atoms with van der Waals surface area (Å²) in [7, 11) is -1.98. The van der Waals surface area contributed by atoms with Crippen LogP contribution in [-0.4, -0.2) is 58.3 Å². The fourth-order valence-electron chi connectivity index (χ4n) is 3.87. The summed E-state index contributed by atoms with van der Waals surface area (Å²) in [6.07, 6.45) is 3.28. The van der Waals surface area contributed by atoms with Gasteiger partial charge in [0, 0.05) is 23.4 Å². The van der Waals surface area contributed by atoms with E-state index in [1.54, 1.807) is 12.1 Å². The highest BCUT2D eigenvalue weighted by molar-refractivity contribution is 7.92. The van der Waals surface area contributed by atoms with Gasteiger partial charge in [-0.15, -0.1) is 12.4 Å². The van der Waals surface area contributed by atoms with Crippen LogP contribution >= 0.6 is 12.4 Å². The second-order valence-electron chi connectivity index (χ2n) is 7.06. The van der Waals surface area contributed by atoms with E-state index >= 15 is 0 Å². The maximum Gasteiger partial charge on any atom is 0.255 e. The molecule has 1 aliphatic heterocycles. The molecule has 0 spiro atoms. The Bertz CT molecular complexity index is 981. The van der Waals surface area contributed by atoms with Crippen LogP contribution in [0.1, 0.15) is 30.1 Å². The lowest BCUT2D eigenvalue weighted by atomic mass is 10.0. The Morgan fingerprint density at radius 1 is 1.28 bits per heavy atom. The summed E-state index contributed by atoms with van der Waals surface area (Å²) < 4.78 is 31.6. The Hall–Kier alpha value is -2.03. The van der Waals surface area contributed by atoms with Crippen molar-refractivity contribution in [2.75, 3.05) is 37.7 Å². The van der Waals surface area contributed by atoms with Crippen molar-refractivity contribution in [3.8, 4) is 5.75 Å². The van der Waals surface area contributed by atoms with Crippen LogP contribution < -0.4 is 14.8 Å². The predicted molar refractivity (Wildman–Crippen MR) is 119 cm³/mol. The molecule has 2 N–H and O–H groups in total. The fraction of sp³-hybridized carbons (Fsp3) is 0.450. The normalized spacial score (nSPS) is 17.0. The molecule has 0 bridgehead atoms. The topological polar surface area (TPSA) is 87.7 Å². The Morgan fingerprint density at radius 2 is 1.97 bits per heavy atom. The smallest absolute Gasteiger partial charge is 0.255 e. The Morgan fingerprint density at radius 3 is 2.59 bits per heavy atom. The lowest BCUT2D eigenvalue weighted by Gasteiger charge is -2.23. The zero-order chi connectivity index (χ0) is 20.3. The number of sulfonamides is 1. The number of amides is 1. The first-order chi connectivity index (χ1) is 13.3. The van der Waals surface area contributed by atoms with Crippen molar-refractivity contribution in [1.29, 1.82) is 0 Å². The zero-order valence-electron chi connectivity index (χ0n) is 16.9. The highest BCUT2D eigenvalue weighted by atomic mass is 35.5. The number of likely N-dealkylation sites (N-methyl/N-ethyl adjacent to an activating group) is 1. The number of likely N-dealkylation sites (tertiary alicyclic amines) is 1. The van der Waals surface area contributed by atoms with E-state index in [1.165, 1.54) is 7.11 Å². The van der Waals surface area contributed by atoms with Gasteiger partial charge < -0.3 is 10.1 Å². The molecule has 160 valence electrons. The average molecular weight is 442 g/mol. The molecule has 7 nitrogen and oxygen atoms in total. The number of nitrogens with zero attached hydrogens (tertiary/aromatic N) is 1. The molecule has 2 aromatic carbocycles. The van der Waals surface area contributed by atoms with Crippen molar-refractivity contribution in [3.63, 3.8) is 0 Å². The number of benzene rings is 2. The Balaban J connectivity index is 0.00000300. The zero-order valence-corrected chi connectivity index (χ0v) is 18.5. The summed E-state index contributed by atoms with van der Waals surface area (Å²) >= 11 is 0. The van der Waals surface area contributed by atoms with Crippen molar-refractivity contribution in [2.45, 2.75) is 25.8 Å². The van der Waals surface area contributed by atoms with Gasteiger partial charge in [-0.2, -0.15) is 0 Å².